The van der Waals surface area contributed by atoms with E-state index in [0.717, 1.165) is 22.1 Å². The van der Waals surface area contributed by atoms with Gasteiger partial charge in [0.25, 0.3) is 5.91 Å². The molecule has 0 atom stereocenters. The molecule has 4 rings (SSSR count). The highest BCUT2D eigenvalue weighted by atomic mass is 79.9. The molecule has 0 radical (unpaired) electrons. The number of halogens is 3. The third kappa shape index (κ3) is 6.83. The Labute approximate surface area is 233 Å². The van der Waals surface area contributed by atoms with Gasteiger partial charge in [-0.25, -0.2) is 0 Å². The monoisotopic (exact) mass is 603 g/mol. The van der Waals surface area contributed by atoms with Crippen molar-refractivity contribution in [1.82, 2.24) is 10.2 Å². The summed E-state index contributed by atoms with van der Waals surface area (Å²) in [5.74, 6) is 0.509. The van der Waals surface area contributed by atoms with Crippen LogP contribution < -0.4 is 15.0 Å². The average molecular weight is 605 g/mol. The highest BCUT2D eigenvalue weighted by Crippen LogP contribution is 2.33. The number of rotatable bonds is 8. The van der Waals surface area contributed by atoms with E-state index in [1.54, 1.807) is 60.5 Å². The first kappa shape index (κ1) is 27.0. The molecule has 7 nitrogen and oxygen atoms in total. The lowest BCUT2D eigenvalue weighted by molar-refractivity contribution is -0.129. The van der Waals surface area contributed by atoms with Crippen molar-refractivity contribution in [2.45, 2.75) is 19.4 Å². The van der Waals surface area contributed by atoms with Crippen molar-refractivity contribution in [3.63, 3.8) is 0 Å². The minimum atomic E-state index is -0.367. The van der Waals surface area contributed by atoms with Crippen molar-refractivity contribution >= 4 is 62.5 Å². The van der Waals surface area contributed by atoms with Gasteiger partial charge in [-0.2, -0.15) is 0 Å². The molecule has 0 unspecified atom stereocenters. The topological polar surface area (TPSA) is 79.0 Å². The Kier molecular flexibility index (Phi) is 8.74. The standard InChI is InChI=1S/C27H24BrCl2N3O4/c1-32(16-18-4-7-19(28)13-24(18)37-21-10-11-22(29)23(30)14-21)26(35)15-31-27(36)17-5-8-20(9-6-17)33-12-2-3-25(33)34/h4-11,13-14H,2-3,12,15-16H2,1H3,(H,31,36). The number of nitrogens with one attached hydrogen (secondary N) is 1. The second-order valence-electron chi connectivity index (χ2n) is 8.56. The van der Waals surface area contributed by atoms with Crippen LogP contribution in [0.25, 0.3) is 0 Å². The van der Waals surface area contributed by atoms with Crippen molar-refractivity contribution in [2.24, 2.45) is 0 Å². The third-order valence-electron chi connectivity index (χ3n) is 5.90. The predicted molar refractivity (Wildman–Crippen MR) is 148 cm³/mol. The van der Waals surface area contributed by atoms with Gasteiger partial charge in [-0.15, -0.1) is 0 Å². The van der Waals surface area contributed by atoms with Crippen LogP contribution in [0.3, 0.4) is 0 Å². The Morgan fingerprint density at radius 1 is 1.05 bits per heavy atom. The first-order valence-electron chi connectivity index (χ1n) is 11.5. The minimum Gasteiger partial charge on any atom is -0.457 e. The number of amides is 3. The second-order valence-corrected chi connectivity index (χ2v) is 10.3. The SMILES string of the molecule is CN(Cc1ccc(Br)cc1Oc1ccc(Cl)c(Cl)c1)C(=O)CNC(=O)c1ccc(N2CCCC2=O)cc1. The first-order valence-corrected chi connectivity index (χ1v) is 13.1. The summed E-state index contributed by atoms with van der Waals surface area (Å²) in [6, 6.07) is 17.3. The van der Waals surface area contributed by atoms with Crippen LogP contribution in [0, 0.1) is 0 Å². The summed E-state index contributed by atoms with van der Waals surface area (Å²) in [4.78, 5) is 40.4. The molecular formula is C27H24BrCl2N3O4. The smallest absolute Gasteiger partial charge is 0.251 e. The minimum absolute atomic E-state index is 0.0853. The maximum Gasteiger partial charge on any atom is 0.251 e. The van der Waals surface area contributed by atoms with Gasteiger partial charge in [0, 0.05) is 53.9 Å². The van der Waals surface area contributed by atoms with Gasteiger partial charge in [0.05, 0.1) is 16.6 Å². The molecule has 3 aromatic carbocycles. The number of hydrogen-bond acceptors (Lipinski definition) is 4. The molecule has 0 aliphatic carbocycles. The van der Waals surface area contributed by atoms with Gasteiger partial charge in [-0.1, -0.05) is 45.2 Å². The van der Waals surface area contributed by atoms with Crippen LogP contribution in [0.4, 0.5) is 5.69 Å². The fourth-order valence-corrected chi connectivity index (χ4v) is 4.50. The second kappa shape index (κ2) is 12.0. The number of likely N-dealkylation sites (N-methyl/N-ethyl adjacent to an activating group) is 1. The number of nitrogens with zero attached hydrogens (tertiary/aromatic N) is 2. The molecular weight excluding hydrogens is 581 g/mol. The molecule has 3 aromatic rings. The largest absolute Gasteiger partial charge is 0.457 e. The number of carbonyl (C=O) groups is 3. The van der Waals surface area contributed by atoms with Crippen LogP contribution in [0.2, 0.25) is 10.0 Å². The summed E-state index contributed by atoms with van der Waals surface area (Å²) >= 11 is 15.5. The summed E-state index contributed by atoms with van der Waals surface area (Å²) in [6.45, 7) is 0.780. The van der Waals surface area contributed by atoms with E-state index in [0.29, 0.717) is 40.1 Å². The van der Waals surface area contributed by atoms with Crippen LogP contribution >= 0.6 is 39.1 Å². The van der Waals surface area contributed by atoms with Gasteiger partial charge in [-0.05, 0) is 55.0 Å². The lowest BCUT2D eigenvalue weighted by Crippen LogP contribution is -2.37. The number of hydrogen-bond donors (Lipinski definition) is 1. The van der Waals surface area contributed by atoms with E-state index in [2.05, 4.69) is 21.2 Å². The van der Waals surface area contributed by atoms with Crippen LogP contribution in [0.15, 0.2) is 65.1 Å². The van der Waals surface area contributed by atoms with Gasteiger partial charge in [-0.3, -0.25) is 14.4 Å². The predicted octanol–water partition coefficient (Wildman–Crippen LogP) is 6.06. The number of carbonyl (C=O) groups excluding carboxylic acids is 3. The van der Waals surface area contributed by atoms with Crippen molar-refractivity contribution in [2.75, 3.05) is 25.0 Å². The molecule has 1 saturated heterocycles. The molecule has 1 heterocycles. The molecule has 37 heavy (non-hydrogen) atoms. The summed E-state index contributed by atoms with van der Waals surface area (Å²) < 4.78 is 6.82. The first-order chi connectivity index (χ1) is 17.7. The van der Waals surface area contributed by atoms with E-state index in [-0.39, 0.29) is 30.8 Å². The van der Waals surface area contributed by atoms with Gasteiger partial charge in [0.15, 0.2) is 0 Å². The van der Waals surface area contributed by atoms with Crippen molar-refractivity contribution in [3.8, 4) is 11.5 Å². The lowest BCUT2D eigenvalue weighted by atomic mass is 10.1. The summed E-state index contributed by atoms with van der Waals surface area (Å²) in [5, 5.41) is 3.46. The van der Waals surface area contributed by atoms with E-state index in [9.17, 15) is 14.4 Å². The quantitative estimate of drug-likeness (QED) is 0.339. The van der Waals surface area contributed by atoms with E-state index in [1.807, 2.05) is 12.1 Å². The molecule has 192 valence electrons. The summed E-state index contributed by atoms with van der Waals surface area (Å²) in [7, 11) is 1.65. The molecule has 0 saturated carbocycles. The highest BCUT2D eigenvalue weighted by Gasteiger charge is 2.22. The summed E-state index contributed by atoms with van der Waals surface area (Å²) in [5.41, 5.74) is 1.95. The fourth-order valence-electron chi connectivity index (χ4n) is 3.87. The molecule has 1 fully saturated rings. The Bertz CT molecular complexity index is 1330. The van der Waals surface area contributed by atoms with Crippen LogP contribution in [-0.2, 0) is 16.1 Å². The molecule has 0 spiro atoms. The van der Waals surface area contributed by atoms with E-state index < -0.39 is 0 Å². The average Bonchev–Trinajstić information content (AvgIpc) is 3.32. The Morgan fingerprint density at radius 2 is 1.81 bits per heavy atom. The zero-order valence-corrected chi connectivity index (χ0v) is 23.1. The van der Waals surface area contributed by atoms with E-state index >= 15 is 0 Å². The van der Waals surface area contributed by atoms with Crippen molar-refractivity contribution < 1.29 is 19.1 Å². The van der Waals surface area contributed by atoms with Crippen LogP contribution in [0.1, 0.15) is 28.8 Å². The van der Waals surface area contributed by atoms with Crippen LogP contribution in [-0.4, -0.2) is 42.8 Å². The number of ether oxygens (including phenoxy) is 1. The highest BCUT2D eigenvalue weighted by molar-refractivity contribution is 9.10. The zero-order valence-electron chi connectivity index (χ0n) is 20.0. The van der Waals surface area contributed by atoms with Crippen LogP contribution in [0.5, 0.6) is 11.5 Å². The van der Waals surface area contributed by atoms with E-state index in [1.165, 1.54) is 4.90 Å². The molecule has 1 N–H and O–H groups in total. The normalized spacial score (nSPS) is 13.0. The van der Waals surface area contributed by atoms with Gasteiger partial charge in [0.2, 0.25) is 11.8 Å². The number of anilines is 1. The maximum atomic E-state index is 12.8. The molecule has 3 amide bonds. The molecule has 0 aromatic heterocycles. The van der Waals surface area contributed by atoms with E-state index in [4.69, 9.17) is 27.9 Å². The van der Waals surface area contributed by atoms with Gasteiger partial charge < -0.3 is 19.9 Å². The Hall–Kier alpha value is -3.07. The molecule has 0 bridgehead atoms. The molecule has 1 aliphatic heterocycles. The van der Waals surface area contributed by atoms with Crippen molar-refractivity contribution in [3.05, 3.63) is 86.3 Å². The Morgan fingerprint density at radius 3 is 2.49 bits per heavy atom. The zero-order chi connectivity index (χ0) is 26.5. The van der Waals surface area contributed by atoms with Crippen molar-refractivity contribution in [1.29, 1.82) is 0 Å². The summed E-state index contributed by atoms with van der Waals surface area (Å²) in [6.07, 6.45) is 1.38. The lowest BCUT2D eigenvalue weighted by Gasteiger charge is -2.20. The third-order valence-corrected chi connectivity index (χ3v) is 7.13. The molecule has 1 aliphatic rings. The van der Waals surface area contributed by atoms with Gasteiger partial charge >= 0.3 is 0 Å². The fraction of sp³-hybridized carbons (Fsp3) is 0.222. The Balaban J connectivity index is 1.35. The number of benzene rings is 3. The van der Waals surface area contributed by atoms with Gasteiger partial charge in [0.1, 0.15) is 11.5 Å². The molecule has 10 heteroatoms. The maximum absolute atomic E-state index is 12.8.